The van der Waals surface area contributed by atoms with E-state index in [1.54, 1.807) is 29.6 Å². The van der Waals surface area contributed by atoms with Crippen molar-refractivity contribution in [1.82, 2.24) is 24.8 Å². The quantitative estimate of drug-likeness (QED) is 0.194. The Morgan fingerprint density at radius 3 is 2.52 bits per heavy atom. The van der Waals surface area contributed by atoms with Crippen molar-refractivity contribution in [2.24, 2.45) is 0 Å². The fourth-order valence-corrected chi connectivity index (χ4v) is 4.21. The highest BCUT2D eigenvalue weighted by Gasteiger charge is 2.18. The molecule has 0 fully saturated rings. The number of aromatic nitrogens is 4. The van der Waals surface area contributed by atoms with Gasteiger partial charge in [-0.2, -0.15) is 4.98 Å². The SMILES string of the molecule is CCCCCCCCCCSc1nc(N)nc2c1ncn2CC(=O)N[C@@H](C)C(=O)OC. The number of anilines is 1. The number of carbonyl (C=O) groups is 2. The molecule has 9 nitrogen and oxygen atoms in total. The van der Waals surface area contributed by atoms with Crippen molar-refractivity contribution in [3.05, 3.63) is 6.33 Å². The van der Waals surface area contributed by atoms with Crippen LogP contribution in [0.4, 0.5) is 5.95 Å². The molecule has 2 heterocycles. The highest BCUT2D eigenvalue weighted by molar-refractivity contribution is 7.99. The molecule has 31 heavy (non-hydrogen) atoms. The number of carbonyl (C=O) groups excluding carboxylic acids is 2. The zero-order valence-corrected chi connectivity index (χ0v) is 19.5. The van der Waals surface area contributed by atoms with E-state index in [1.807, 2.05) is 0 Å². The van der Waals surface area contributed by atoms with Gasteiger partial charge in [-0.15, -0.1) is 11.8 Å². The molecule has 1 amide bonds. The maximum absolute atomic E-state index is 12.3. The Hall–Kier alpha value is -2.36. The maximum Gasteiger partial charge on any atom is 0.328 e. The van der Waals surface area contributed by atoms with Crippen molar-refractivity contribution in [2.45, 2.75) is 82.8 Å². The Bertz CT molecular complexity index is 857. The molecule has 0 aliphatic carbocycles. The van der Waals surface area contributed by atoms with Gasteiger partial charge >= 0.3 is 5.97 Å². The van der Waals surface area contributed by atoms with Gasteiger partial charge < -0.3 is 20.4 Å². The van der Waals surface area contributed by atoms with Crippen LogP contribution >= 0.6 is 11.8 Å². The molecule has 0 saturated heterocycles. The molecule has 0 unspecified atom stereocenters. The number of unbranched alkanes of at least 4 members (excludes halogenated alkanes) is 7. The molecular formula is C21H34N6O3S. The zero-order valence-electron chi connectivity index (χ0n) is 18.7. The van der Waals surface area contributed by atoms with Gasteiger partial charge in [0.1, 0.15) is 23.1 Å². The van der Waals surface area contributed by atoms with Crippen LogP contribution in [-0.2, 0) is 20.9 Å². The molecule has 2 rings (SSSR count). The van der Waals surface area contributed by atoms with Crippen molar-refractivity contribution >= 4 is 40.8 Å². The van der Waals surface area contributed by atoms with Crippen molar-refractivity contribution in [2.75, 3.05) is 18.6 Å². The minimum Gasteiger partial charge on any atom is -0.467 e. The number of hydrogen-bond acceptors (Lipinski definition) is 8. The Balaban J connectivity index is 1.89. The highest BCUT2D eigenvalue weighted by Crippen LogP contribution is 2.26. The van der Waals surface area contributed by atoms with Gasteiger partial charge in [0.15, 0.2) is 5.65 Å². The van der Waals surface area contributed by atoms with E-state index < -0.39 is 12.0 Å². The van der Waals surface area contributed by atoms with E-state index in [4.69, 9.17) is 5.73 Å². The Morgan fingerprint density at radius 1 is 1.16 bits per heavy atom. The largest absolute Gasteiger partial charge is 0.467 e. The molecule has 172 valence electrons. The van der Waals surface area contributed by atoms with Gasteiger partial charge in [-0.3, -0.25) is 4.79 Å². The molecule has 10 heteroatoms. The summed E-state index contributed by atoms with van der Waals surface area (Å²) in [5, 5.41) is 3.32. The summed E-state index contributed by atoms with van der Waals surface area (Å²) in [5.41, 5.74) is 7.03. The maximum atomic E-state index is 12.3. The van der Waals surface area contributed by atoms with Crippen molar-refractivity contribution < 1.29 is 14.3 Å². The topological polar surface area (TPSA) is 125 Å². The highest BCUT2D eigenvalue weighted by atomic mass is 32.2. The Morgan fingerprint density at radius 2 is 1.84 bits per heavy atom. The molecule has 3 N–H and O–H groups in total. The number of ether oxygens (including phenoxy) is 1. The van der Waals surface area contributed by atoms with Crippen LogP contribution in [0.15, 0.2) is 11.4 Å². The number of rotatable bonds is 14. The van der Waals surface area contributed by atoms with Gasteiger partial charge in [-0.1, -0.05) is 51.9 Å². The van der Waals surface area contributed by atoms with E-state index in [9.17, 15) is 9.59 Å². The van der Waals surface area contributed by atoms with Crippen LogP contribution in [0, 0.1) is 0 Å². The Kier molecular flexibility index (Phi) is 10.6. The molecule has 2 aromatic rings. The fourth-order valence-electron chi connectivity index (χ4n) is 3.23. The summed E-state index contributed by atoms with van der Waals surface area (Å²) >= 11 is 1.62. The lowest BCUT2D eigenvalue weighted by Gasteiger charge is -2.12. The van der Waals surface area contributed by atoms with E-state index in [0.29, 0.717) is 11.2 Å². The molecule has 0 aliphatic heterocycles. The number of fused-ring (bicyclic) bond motifs is 1. The van der Waals surface area contributed by atoms with Gasteiger partial charge in [-0.05, 0) is 19.1 Å². The van der Waals surface area contributed by atoms with Crippen LogP contribution in [0.3, 0.4) is 0 Å². The summed E-state index contributed by atoms with van der Waals surface area (Å²) in [6.07, 6.45) is 11.7. The normalized spacial score (nSPS) is 12.1. The average molecular weight is 451 g/mol. The lowest BCUT2D eigenvalue weighted by molar-refractivity contribution is -0.144. The number of thioether (sulfide) groups is 1. The van der Waals surface area contributed by atoms with Crippen molar-refractivity contribution in [1.29, 1.82) is 0 Å². The minimum absolute atomic E-state index is 0.0313. The number of nitrogens with one attached hydrogen (secondary N) is 1. The zero-order chi connectivity index (χ0) is 22.6. The molecule has 0 bridgehead atoms. The summed E-state index contributed by atoms with van der Waals surface area (Å²) in [6.45, 7) is 3.77. The number of methoxy groups -OCH3 is 1. The molecule has 1 atom stereocenters. The third-order valence-electron chi connectivity index (χ3n) is 4.93. The first-order chi connectivity index (χ1) is 15.0. The number of nitrogens with zero attached hydrogens (tertiary/aromatic N) is 4. The predicted octanol–water partition coefficient (Wildman–Crippen LogP) is 3.32. The van der Waals surface area contributed by atoms with Gasteiger partial charge in [0.05, 0.1) is 13.4 Å². The fraction of sp³-hybridized carbons (Fsp3) is 0.667. The molecule has 0 radical (unpaired) electrons. The van der Waals surface area contributed by atoms with E-state index in [1.165, 1.54) is 52.1 Å². The predicted molar refractivity (Wildman–Crippen MR) is 123 cm³/mol. The molecule has 0 spiro atoms. The summed E-state index contributed by atoms with van der Waals surface area (Å²) in [6, 6.07) is -0.732. The summed E-state index contributed by atoms with van der Waals surface area (Å²) in [5.74, 6) is 0.235. The summed E-state index contributed by atoms with van der Waals surface area (Å²) < 4.78 is 6.23. The van der Waals surface area contributed by atoms with Crippen LogP contribution in [0.5, 0.6) is 0 Å². The van der Waals surface area contributed by atoms with Crippen molar-refractivity contribution in [3.8, 4) is 0 Å². The van der Waals surface area contributed by atoms with Gasteiger partial charge in [0, 0.05) is 0 Å². The molecule has 0 saturated carbocycles. The first-order valence-electron chi connectivity index (χ1n) is 10.9. The van der Waals surface area contributed by atoms with Crippen LogP contribution < -0.4 is 11.1 Å². The van der Waals surface area contributed by atoms with Crippen LogP contribution in [0.2, 0.25) is 0 Å². The first kappa shape index (κ1) is 24.9. The minimum atomic E-state index is -0.732. The number of hydrogen-bond donors (Lipinski definition) is 2. The van der Waals surface area contributed by atoms with E-state index in [-0.39, 0.29) is 18.4 Å². The molecular weight excluding hydrogens is 416 g/mol. The first-order valence-corrected chi connectivity index (χ1v) is 11.9. The Labute approximate surface area is 187 Å². The lowest BCUT2D eigenvalue weighted by Crippen LogP contribution is -2.40. The van der Waals surface area contributed by atoms with Crippen LogP contribution in [0.25, 0.3) is 11.2 Å². The number of amides is 1. The van der Waals surface area contributed by atoms with E-state index >= 15 is 0 Å². The summed E-state index contributed by atoms with van der Waals surface area (Å²) in [4.78, 5) is 36.7. The van der Waals surface area contributed by atoms with Crippen LogP contribution in [0.1, 0.15) is 65.2 Å². The van der Waals surface area contributed by atoms with E-state index in [2.05, 4.69) is 31.9 Å². The third-order valence-corrected chi connectivity index (χ3v) is 5.98. The second-order valence-electron chi connectivity index (χ2n) is 7.57. The van der Waals surface area contributed by atoms with Crippen molar-refractivity contribution in [3.63, 3.8) is 0 Å². The number of nitrogen functional groups attached to an aromatic ring is 1. The van der Waals surface area contributed by atoms with Gasteiger partial charge in [-0.25, -0.2) is 14.8 Å². The van der Waals surface area contributed by atoms with Crippen LogP contribution in [-0.4, -0.2) is 50.3 Å². The molecule has 0 aliphatic rings. The van der Waals surface area contributed by atoms with Gasteiger partial charge in [0.2, 0.25) is 11.9 Å². The second kappa shape index (κ2) is 13.1. The third kappa shape index (κ3) is 8.01. The van der Waals surface area contributed by atoms with E-state index in [0.717, 1.165) is 17.2 Å². The van der Waals surface area contributed by atoms with Gasteiger partial charge in [0.25, 0.3) is 0 Å². The number of imidazole rings is 1. The number of nitrogens with two attached hydrogens (primary N) is 1. The summed E-state index contributed by atoms with van der Waals surface area (Å²) in [7, 11) is 1.28. The lowest BCUT2D eigenvalue weighted by atomic mass is 10.1. The smallest absolute Gasteiger partial charge is 0.328 e. The second-order valence-corrected chi connectivity index (χ2v) is 8.65. The molecule has 0 aromatic carbocycles. The monoisotopic (exact) mass is 450 g/mol. The standard InChI is InChI=1S/C21H34N6O3S/c1-4-5-6-7-8-9-10-11-12-31-19-17-18(25-21(22)26-19)27(14-23-17)13-16(28)24-15(2)20(29)30-3/h14-15H,4-13H2,1-3H3,(H,24,28)(H2,22,25,26)/t15-/m0/s1. The average Bonchev–Trinajstić information content (AvgIpc) is 3.14. The molecule has 2 aromatic heterocycles. The number of esters is 1.